The van der Waals surface area contributed by atoms with Crippen LogP contribution in [0.25, 0.3) is 0 Å². The van der Waals surface area contributed by atoms with E-state index in [9.17, 15) is 14.4 Å². The van der Waals surface area contributed by atoms with Crippen molar-refractivity contribution in [2.24, 2.45) is 16.6 Å². The van der Waals surface area contributed by atoms with Crippen molar-refractivity contribution in [2.45, 2.75) is 38.1 Å². The number of ketones is 2. The molecule has 1 aromatic rings. The Bertz CT molecular complexity index is 1040. The topological polar surface area (TPSA) is 146 Å². The van der Waals surface area contributed by atoms with Gasteiger partial charge in [0.2, 0.25) is 10.9 Å². The van der Waals surface area contributed by atoms with Gasteiger partial charge >= 0.3 is 6.09 Å². The lowest BCUT2D eigenvalue weighted by Gasteiger charge is -2.39. The van der Waals surface area contributed by atoms with E-state index < -0.39 is 17.7 Å². The van der Waals surface area contributed by atoms with E-state index in [1.165, 1.54) is 18.4 Å². The molecular weight excluding hydrogens is 410 g/mol. The molecule has 4 unspecified atom stereocenters. The fourth-order valence-electron chi connectivity index (χ4n) is 4.93. The second-order valence-electron chi connectivity index (χ2n) is 7.89. The Morgan fingerprint density at radius 3 is 2.83 bits per heavy atom. The first-order valence-electron chi connectivity index (χ1n) is 9.62. The van der Waals surface area contributed by atoms with Crippen LogP contribution in [0.2, 0.25) is 0 Å². The Hall–Kier alpha value is -2.63. The highest BCUT2D eigenvalue weighted by molar-refractivity contribution is 7.15. The number of hydrogen-bond acceptors (Lipinski definition) is 10. The molecule has 0 radical (unpaired) electrons. The van der Waals surface area contributed by atoms with Crippen LogP contribution in [-0.2, 0) is 19.1 Å². The number of rotatable bonds is 4. The number of hydrogen-bond donors (Lipinski definition) is 2. The predicted molar refractivity (Wildman–Crippen MR) is 107 cm³/mol. The minimum atomic E-state index is -0.972. The molecule has 1 aromatic heterocycles. The molecule has 4 atom stereocenters. The van der Waals surface area contributed by atoms with Gasteiger partial charge in [-0.2, -0.15) is 0 Å². The third-order valence-corrected chi connectivity index (χ3v) is 7.34. The van der Waals surface area contributed by atoms with Crippen molar-refractivity contribution in [1.82, 2.24) is 15.2 Å². The molecule has 2 saturated heterocycles. The Morgan fingerprint density at radius 2 is 2.20 bits per heavy atom. The van der Waals surface area contributed by atoms with Gasteiger partial charge in [-0.3, -0.25) is 9.59 Å². The standard InChI is InChI=1S/C19H21N5O5S/c1-7-8(2)30-18(21-7)23-10-4-12(25)14-13(15(10)26)9(6-29-17(20)27)19(28-3)16-11(22-16)5-24(14)19/h9,11,16,22H,4-6H2,1-3H3,(H2,20,27). The van der Waals surface area contributed by atoms with E-state index in [2.05, 4.69) is 15.3 Å². The second-order valence-corrected chi connectivity index (χ2v) is 9.07. The number of carbonyl (C=O) groups is 3. The zero-order valence-electron chi connectivity index (χ0n) is 16.7. The normalized spacial score (nSPS) is 33.1. The van der Waals surface area contributed by atoms with Gasteiger partial charge in [0.05, 0.1) is 35.5 Å². The van der Waals surface area contributed by atoms with Crippen LogP contribution in [0.3, 0.4) is 0 Å². The Kier molecular flexibility index (Phi) is 4.15. The quantitative estimate of drug-likeness (QED) is 0.650. The van der Waals surface area contributed by atoms with Gasteiger partial charge in [0.25, 0.3) is 0 Å². The second kappa shape index (κ2) is 6.43. The van der Waals surface area contributed by atoms with Gasteiger partial charge in [-0.15, -0.1) is 0 Å². The fourth-order valence-corrected chi connectivity index (χ4v) is 5.74. The lowest BCUT2D eigenvalue weighted by atomic mass is 9.82. The summed E-state index contributed by atoms with van der Waals surface area (Å²) < 4.78 is 11.0. The van der Waals surface area contributed by atoms with E-state index in [1.54, 1.807) is 0 Å². The molecule has 4 aliphatic rings. The maximum Gasteiger partial charge on any atom is 0.404 e. The van der Waals surface area contributed by atoms with Crippen LogP contribution in [0.15, 0.2) is 16.3 Å². The van der Waals surface area contributed by atoms with Crippen molar-refractivity contribution < 1.29 is 23.9 Å². The number of Topliss-reactive ketones (excluding diaryl/α,β-unsaturated/α-hetero) is 2. The van der Waals surface area contributed by atoms with Gasteiger partial charge in [0.15, 0.2) is 11.5 Å². The van der Waals surface area contributed by atoms with Gasteiger partial charge in [-0.1, -0.05) is 11.3 Å². The summed E-state index contributed by atoms with van der Waals surface area (Å²) in [7, 11) is 1.54. The van der Waals surface area contributed by atoms with Crippen LogP contribution in [0, 0.1) is 19.8 Å². The molecule has 3 N–H and O–H groups in total. The minimum Gasteiger partial charge on any atom is -0.449 e. The van der Waals surface area contributed by atoms with Crippen molar-refractivity contribution in [3.05, 3.63) is 21.8 Å². The summed E-state index contributed by atoms with van der Waals surface area (Å²) in [5.74, 6) is -1.19. The van der Waals surface area contributed by atoms with Gasteiger partial charge in [-0.25, -0.2) is 14.8 Å². The van der Waals surface area contributed by atoms with E-state index in [0.29, 0.717) is 17.4 Å². The molecule has 2 fully saturated rings. The summed E-state index contributed by atoms with van der Waals surface area (Å²) >= 11 is 1.37. The van der Waals surface area contributed by atoms with Crippen molar-refractivity contribution >= 4 is 39.8 Å². The van der Waals surface area contributed by atoms with Gasteiger partial charge in [-0.05, 0) is 13.8 Å². The zero-order chi connectivity index (χ0) is 21.4. The largest absolute Gasteiger partial charge is 0.449 e. The summed E-state index contributed by atoms with van der Waals surface area (Å²) in [4.78, 5) is 49.5. The number of methoxy groups -OCH3 is 1. The molecule has 3 aliphatic heterocycles. The van der Waals surface area contributed by atoms with E-state index in [-0.39, 0.29) is 48.0 Å². The number of aromatic nitrogens is 1. The monoisotopic (exact) mass is 431 g/mol. The lowest BCUT2D eigenvalue weighted by molar-refractivity contribution is -0.137. The fraction of sp³-hybridized carbons (Fsp3) is 0.526. The highest BCUT2D eigenvalue weighted by Crippen LogP contribution is 2.55. The number of ether oxygens (including phenoxy) is 2. The van der Waals surface area contributed by atoms with E-state index in [1.807, 2.05) is 18.7 Å². The van der Waals surface area contributed by atoms with Gasteiger partial charge < -0.3 is 25.4 Å². The van der Waals surface area contributed by atoms with Crippen molar-refractivity contribution in [2.75, 3.05) is 20.3 Å². The number of nitrogens with one attached hydrogen (secondary N) is 1. The van der Waals surface area contributed by atoms with Crippen LogP contribution in [0.4, 0.5) is 9.93 Å². The number of aryl methyl sites for hydroxylation is 2. The number of carbonyl (C=O) groups excluding carboxylic acids is 3. The number of thiazole rings is 1. The van der Waals surface area contributed by atoms with Crippen LogP contribution < -0.4 is 11.1 Å². The van der Waals surface area contributed by atoms with E-state index in [4.69, 9.17) is 15.2 Å². The summed E-state index contributed by atoms with van der Waals surface area (Å²) in [6.45, 7) is 4.18. The molecule has 0 saturated carbocycles. The van der Waals surface area contributed by atoms with Crippen molar-refractivity contribution in [3.8, 4) is 0 Å². The Morgan fingerprint density at radius 1 is 1.43 bits per heavy atom. The number of primary amides is 1. The first-order chi connectivity index (χ1) is 14.3. The Labute approximate surface area is 176 Å². The van der Waals surface area contributed by atoms with Crippen molar-refractivity contribution in [1.29, 1.82) is 0 Å². The number of piperazine rings is 1. The molecule has 11 heteroatoms. The SMILES string of the molecule is COC12C(COC(N)=O)C3=C(C(=O)CC(=Nc4nc(C)c(C)s4)C3=O)N1CC1NC12. The number of aliphatic imine (C=N–C) groups is 1. The highest BCUT2D eigenvalue weighted by atomic mass is 32.1. The third-order valence-electron chi connectivity index (χ3n) is 6.37. The molecule has 30 heavy (non-hydrogen) atoms. The number of nitrogens with two attached hydrogens (primary N) is 1. The van der Waals surface area contributed by atoms with Gasteiger partial charge in [0, 0.05) is 30.1 Å². The highest BCUT2D eigenvalue weighted by Gasteiger charge is 2.72. The van der Waals surface area contributed by atoms with Crippen LogP contribution >= 0.6 is 11.3 Å². The average Bonchev–Trinajstić information content (AvgIpc) is 3.16. The van der Waals surface area contributed by atoms with Crippen LogP contribution in [0.5, 0.6) is 0 Å². The summed E-state index contributed by atoms with van der Waals surface area (Å²) in [5, 5.41) is 3.77. The van der Waals surface area contributed by atoms with Crippen LogP contribution in [0.1, 0.15) is 17.0 Å². The molecule has 10 nitrogen and oxygen atoms in total. The third kappa shape index (κ3) is 2.52. The van der Waals surface area contributed by atoms with E-state index >= 15 is 0 Å². The average molecular weight is 431 g/mol. The maximum atomic E-state index is 13.5. The number of nitrogens with zero attached hydrogens (tertiary/aromatic N) is 3. The molecule has 158 valence electrons. The molecule has 0 bridgehead atoms. The number of amides is 1. The first kappa shape index (κ1) is 19.3. The molecular formula is C19H21N5O5S. The summed E-state index contributed by atoms with van der Waals surface area (Å²) in [6, 6.07) is 0.0918. The Balaban J connectivity index is 1.59. The summed E-state index contributed by atoms with van der Waals surface area (Å²) in [6.07, 6.45) is -1.05. The number of fused-ring (bicyclic) bond motifs is 4. The van der Waals surface area contributed by atoms with Gasteiger partial charge in [0.1, 0.15) is 6.61 Å². The van der Waals surface area contributed by atoms with Crippen molar-refractivity contribution in [3.63, 3.8) is 0 Å². The number of allylic oxidation sites excluding steroid dienone is 1. The zero-order valence-corrected chi connectivity index (χ0v) is 17.5. The predicted octanol–water partition coefficient (Wildman–Crippen LogP) is 0.352. The first-order valence-corrected chi connectivity index (χ1v) is 10.4. The molecule has 5 rings (SSSR count). The minimum absolute atomic E-state index is 0.0696. The summed E-state index contributed by atoms with van der Waals surface area (Å²) in [5.41, 5.74) is 5.82. The maximum absolute atomic E-state index is 13.5. The smallest absolute Gasteiger partial charge is 0.404 e. The van der Waals surface area contributed by atoms with E-state index in [0.717, 1.165) is 10.6 Å². The molecule has 0 aromatic carbocycles. The molecule has 4 heterocycles. The lowest BCUT2D eigenvalue weighted by Crippen LogP contribution is -2.55. The molecule has 1 amide bonds. The molecule has 0 spiro atoms. The van der Waals surface area contributed by atoms with Crippen LogP contribution in [-0.4, -0.2) is 71.3 Å². The molecule has 1 aliphatic carbocycles.